The summed E-state index contributed by atoms with van der Waals surface area (Å²) in [6.07, 6.45) is 1.45. The van der Waals surface area contributed by atoms with Gasteiger partial charge in [-0.1, -0.05) is 12.1 Å². The Morgan fingerprint density at radius 1 is 1.24 bits per heavy atom. The van der Waals surface area contributed by atoms with Crippen molar-refractivity contribution in [2.75, 3.05) is 22.6 Å². The molecule has 1 aromatic carbocycles. The molecule has 0 saturated heterocycles. The number of sulfone groups is 1. The minimum atomic E-state index is -3.04. The molecule has 0 saturated carbocycles. The van der Waals surface area contributed by atoms with Gasteiger partial charge in [0.15, 0.2) is 0 Å². The molecule has 1 aliphatic heterocycles. The molecule has 0 radical (unpaired) electrons. The lowest BCUT2D eigenvalue weighted by Gasteiger charge is -2.26. The number of rotatable bonds is 3. The van der Waals surface area contributed by atoms with Gasteiger partial charge in [0.05, 0.1) is 17.1 Å². The first-order valence-corrected chi connectivity index (χ1v) is 7.36. The molecule has 1 aromatic rings. The predicted molar refractivity (Wildman–Crippen MR) is 66.8 cm³/mol. The number of hydrogen-bond donors (Lipinski definition) is 2. The zero-order valence-corrected chi connectivity index (χ0v) is 10.3. The van der Waals surface area contributed by atoms with E-state index in [9.17, 15) is 13.2 Å². The average Bonchev–Trinajstić information content (AvgIpc) is 2.25. The van der Waals surface area contributed by atoms with Gasteiger partial charge in [-0.25, -0.2) is 8.42 Å². The molecule has 1 atom stereocenters. The molecule has 0 fully saturated rings. The van der Waals surface area contributed by atoms with Gasteiger partial charge in [0.1, 0.15) is 15.9 Å². The highest BCUT2D eigenvalue weighted by Gasteiger charge is 2.25. The van der Waals surface area contributed by atoms with Gasteiger partial charge in [-0.3, -0.25) is 4.79 Å². The molecular formula is C11H14N2O3S. The van der Waals surface area contributed by atoms with E-state index in [-0.39, 0.29) is 18.1 Å². The van der Waals surface area contributed by atoms with Gasteiger partial charge in [0, 0.05) is 6.26 Å². The van der Waals surface area contributed by atoms with Crippen LogP contribution in [0.5, 0.6) is 0 Å². The lowest BCUT2D eigenvalue weighted by atomic mass is 10.1. The van der Waals surface area contributed by atoms with E-state index < -0.39 is 15.9 Å². The molecule has 1 unspecified atom stereocenters. The molecule has 2 rings (SSSR count). The number of para-hydroxylation sites is 2. The predicted octanol–water partition coefficient (Wildman–Crippen LogP) is 0.854. The summed E-state index contributed by atoms with van der Waals surface area (Å²) in [5.74, 6) is -0.187. The Kier molecular flexibility index (Phi) is 3.06. The highest BCUT2D eigenvalue weighted by molar-refractivity contribution is 7.90. The minimum absolute atomic E-state index is 0.000252. The van der Waals surface area contributed by atoms with E-state index in [0.717, 1.165) is 11.4 Å². The molecule has 17 heavy (non-hydrogen) atoms. The largest absolute Gasteiger partial charge is 0.372 e. The smallest absolute Gasteiger partial charge is 0.246 e. The van der Waals surface area contributed by atoms with Crippen LogP contribution in [0.2, 0.25) is 0 Å². The number of nitrogens with one attached hydrogen (secondary N) is 2. The summed E-state index contributed by atoms with van der Waals surface area (Å²) in [4.78, 5) is 11.7. The number of amides is 1. The van der Waals surface area contributed by atoms with Crippen molar-refractivity contribution in [3.8, 4) is 0 Å². The van der Waals surface area contributed by atoms with E-state index in [1.807, 2.05) is 18.2 Å². The van der Waals surface area contributed by atoms with Gasteiger partial charge in [-0.15, -0.1) is 0 Å². The van der Waals surface area contributed by atoms with E-state index in [1.54, 1.807) is 6.07 Å². The summed E-state index contributed by atoms with van der Waals surface area (Å²) in [5, 5.41) is 5.79. The van der Waals surface area contributed by atoms with Gasteiger partial charge >= 0.3 is 0 Å². The topological polar surface area (TPSA) is 75.3 Å². The fourth-order valence-corrected chi connectivity index (χ4v) is 2.39. The van der Waals surface area contributed by atoms with Crippen molar-refractivity contribution in [1.82, 2.24) is 0 Å². The Morgan fingerprint density at radius 2 is 1.88 bits per heavy atom. The van der Waals surface area contributed by atoms with Crippen LogP contribution in [-0.2, 0) is 14.6 Å². The van der Waals surface area contributed by atoms with Gasteiger partial charge in [-0.05, 0) is 18.6 Å². The molecule has 0 aromatic heterocycles. The maximum atomic E-state index is 11.7. The molecule has 1 heterocycles. The average molecular weight is 254 g/mol. The number of carbonyl (C=O) groups excluding carboxylic acids is 1. The van der Waals surface area contributed by atoms with Crippen LogP contribution in [0.4, 0.5) is 11.4 Å². The van der Waals surface area contributed by atoms with E-state index in [0.29, 0.717) is 0 Å². The fourth-order valence-electron chi connectivity index (χ4n) is 1.73. The summed E-state index contributed by atoms with van der Waals surface area (Å²) in [6.45, 7) is 0. The SMILES string of the molecule is CS(=O)(=O)CCC1Nc2ccccc2NC1=O. The van der Waals surface area contributed by atoms with E-state index in [4.69, 9.17) is 0 Å². The van der Waals surface area contributed by atoms with E-state index in [2.05, 4.69) is 10.6 Å². The summed E-state index contributed by atoms with van der Waals surface area (Å²) in [5.41, 5.74) is 1.55. The Hall–Kier alpha value is -1.56. The van der Waals surface area contributed by atoms with Crippen LogP contribution in [0.3, 0.4) is 0 Å². The molecule has 0 spiro atoms. The number of carbonyl (C=O) groups is 1. The molecular weight excluding hydrogens is 240 g/mol. The third-order valence-electron chi connectivity index (χ3n) is 2.61. The molecule has 2 N–H and O–H groups in total. The lowest BCUT2D eigenvalue weighted by molar-refractivity contribution is -0.117. The van der Waals surface area contributed by atoms with Crippen LogP contribution in [-0.4, -0.2) is 32.4 Å². The molecule has 5 nitrogen and oxygen atoms in total. The first kappa shape index (κ1) is 11.9. The van der Waals surface area contributed by atoms with Gasteiger partial charge in [0.2, 0.25) is 5.91 Å². The Labute approximate surface area is 100 Å². The van der Waals surface area contributed by atoms with Crippen molar-refractivity contribution in [1.29, 1.82) is 0 Å². The zero-order chi connectivity index (χ0) is 12.5. The molecule has 6 heteroatoms. The third kappa shape index (κ3) is 2.97. The van der Waals surface area contributed by atoms with Gasteiger partial charge in [0.25, 0.3) is 0 Å². The number of hydrogen-bond acceptors (Lipinski definition) is 4. The first-order valence-electron chi connectivity index (χ1n) is 5.30. The van der Waals surface area contributed by atoms with E-state index >= 15 is 0 Å². The molecule has 0 bridgehead atoms. The Balaban J connectivity index is 2.10. The molecule has 1 amide bonds. The normalized spacial score (nSPS) is 19.1. The van der Waals surface area contributed by atoms with Crippen molar-refractivity contribution in [2.24, 2.45) is 0 Å². The summed E-state index contributed by atoms with van der Waals surface area (Å²) >= 11 is 0. The number of anilines is 2. The standard InChI is InChI=1S/C11H14N2O3S/c1-17(15,16)7-6-10-11(14)13-9-5-3-2-4-8(9)12-10/h2-5,10,12H,6-7H2,1H3,(H,13,14). The highest BCUT2D eigenvalue weighted by atomic mass is 32.2. The second-order valence-electron chi connectivity index (χ2n) is 4.15. The van der Waals surface area contributed by atoms with Crippen molar-refractivity contribution in [3.63, 3.8) is 0 Å². The summed E-state index contributed by atoms with van der Waals surface area (Å²) < 4.78 is 22.1. The van der Waals surface area contributed by atoms with Crippen LogP contribution in [0, 0.1) is 0 Å². The van der Waals surface area contributed by atoms with Gasteiger partial charge < -0.3 is 10.6 Å². The quantitative estimate of drug-likeness (QED) is 0.838. The Morgan fingerprint density at radius 3 is 2.53 bits per heavy atom. The van der Waals surface area contributed by atoms with Crippen molar-refractivity contribution in [3.05, 3.63) is 24.3 Å². The number of benzene rings is 1. The first-order chi connectivity index (χ1) is 7.96. The van der Waals surface area contributed by atoms with E-state index in [1.165, 1.54) is 6.26 Å². The lowest BCUT2D eigenvalue weighted by Crippen LogP contribution is -2.39. The van der Waals surface area contributed by atoms with Crippen molar-refractivity contribution in [2.45, 2.75) is 12.5 Å². The zero-order valence-electron chi connectivity index (χ0n) is 9.43. The monoisotopic (exact) mass is 254 g/mol. The second kappa shape index (κ2) is 4.37. The summed E-state index contributed by atoms with van der Waals surface area (Å²) in [7, 11) is -3.04. The van der Waals surface area contributed by atoms with Crippen LogP contribution >= 0.6 is 0 Å². The van der Waals surface area contributed by atoms with Gasteiger partial charge in [-0.2, -0.15) is 0 Å². The second-order valence-corrected chi connectivity index (χ2v) is 6.41. The van der Waals surface area contributed by atoms with Crippen LogP contribution in [0.25, 0.3) is 0 Å². The van der Waals surface area contributed by atoms with Crippen LogP contribution in [0.1, 0.15) is 6.42 Å². The third-order valence-corrected chi connectivity index (χ3v) is 3.59. The summed E-state index contributed by atoms with van der Waals surface area (Å²) in [6, 6.07) is 6.85. The minimum Gasteiger partial charge on any atom is -0.372 e. The number of fused-ring (bicyclic) bond motifs is 1. The van der Waals surface area contributed by atoms with Crippen LogP contribution < -0.4 is 10.6 Å². The van der Waals surface area contributed by atoms with Crippen LogP contribution in [0.15, 0.2) is 24.3 Å². The maximum absolute atomic E-state index is 11.7. The maximum Gasteiger partial charge on any atom is 0.246 e. The fraction of sp³-hybridized carbons (Fsp3) is 0.364. The Bertz CT molecular complexity index is 539. The molecule has 1 aliphatic rings. The molecule has 92 valence electrons. The highest BCUT2D eigenvalue weighted by Crippen LogP contribution is 2.26. The van der Waals surface area contributed by atoms with Crippen molar-refractivity contribution < 1.29 is 13.2 Å². The van der Waals surface area contributed by atoms with Crippen molar-refractivity contribution >= 4 is 27.1 Å². The molecule has 0 aliphatic carbocycles.